The zero-order valence-corrected chi connectivity index (χ0v) is 20.1. The number of rotatable bonds is 5. The maximum absolute atomic E-state index is 11.8. The van der Waals surface area contributed by atoms with E-state index in [-0.39, 0.29) is 29.7 Å². The Morgan fingerprint density at radius 3 is 2.78 bits per heavy atom. The predicted octanol–water partition coefficient (Wildman–Crippen LogP) is 1.85. The Morgan fingerprint density at radius 2 is 2.11 bits per heavy atom. The van der Waals surface area contributed by atoms with Crippen LogP contribution in [-0.4, -0.2) is 70.2 Å². The van der Waals surface area contributed by atoms with E-state index in [1.165, 1.54) is 5.69 Å². The first-order valence-electron chi connectivity index (χ1n) is 8.94. The lowest BCUT2D eigenvalue weighted by atomic mass is 10.3. The molecule has 2 N–H and O–H groups in total. The van der Waals surface area contributed by atoms with Crippen molar-refractivity contribution in [1.29, 1.82) is 0 Å². The molecule has 0 spiro atoms. The zero-order chi connectivity index (χ0) is 18.6. The van der Waals surface area contributed by atoms with Crippen molar-refractivity contribution in [3.05, 3.63) is 28.7 Å². The summed E-state index contributed by atoms with van der Waals surface area (Å²) in [6.45, 7) is 3.56. The van der Waals surface area contributed by atoms with Gasteiger partial charge in [0.1, 0.15) is 0 Å². The van der Waals surface area contributed by atoms with Gasteiger partial charge in [-0.1, -0.05) is 12.1 Å². The Bertz CT molecular complexity index is 761. The number of hydrogen-bond donors (Lipinski definition) is 2. The summed E-state index contributed by atoms with van der Waals surface area (Å²) in [5.41, 5.74) is 1.21. The van der Waals surface area contributed by atoms with Gasteiger partial charge in [-0.25, -0.2) is 12.7 Å². The Balaban J connectivity index is 0.00000261. The van der Waals surface area contributed by atoms with Crippen LogP contribution in [0.3, 0.4) is 0 Å². The number of sulfonamides is 1. The second kappa shape index (κ2) is 10.3. The van der Waals surface area contributed by atoms with E-state index in [2.05, 4.69) is 48.6 Å². The highest BCUT2D eigenvalue weighted by Crippen LogP contribution is 2.28. The fourth-order valence-electron chi connectivity index (χ4n) is 3.43. The van der Waals surface area contributed by atoms with Crippen LogP contribution in [0.2, 0.25) is 0 Å². The van der Waals surface area contributed by atoms with Crippen LogP contribution in [-0.2, 0) is 10.0 Å². The molecule has 2 aliphatic heterocycles. The molecule has 7 nitrogen and oxygen atoms in total. The lowest BCUT2D eigenvalue weighted by Gasteiger charge is -2.22. The summed E-state index contributed by atoms with van der Waals surface area (Å²) >= 11 is 3.61. The van der Waals surface area contributed by atoms with Gasteiger partial charge in [0.25, 0.3) is 0 Å². The number of anilines is 1. The summed E-state index contributed by atoms with van der Waals surface area (Å²) < 4.78 is 26.3. The Labute approximate surface area is 187 Å². The van der Waals surface area contributed by atoms with Crippen LogP contribution in [0.5, 0.6) is 0 Å². The third-order valence-corrected chi connectivity index (χ3v) is 7.43. The number of aliphatic imine (C=N–C) groups is 1. The summed E-state index contributed by atoms with van der Waals surface area (Å²) in [7, 11) is -1.30. The summed E-state index contributed by atoms with van der Waals surface area (Å²) in [6, 6.07) is 8.56. The molecule has 0 amide bonds. The minimum absolute atomic E-state index is 0. The number of hydrogen-bond acceptors (Lipinski definition) is 4. The quantitative estimate of drug-likeness (QED) is 0.320. The van der Waals surface area contributed by atoms with E-state index in [1.54, 1.807) is 11.4 Å². The maximum Gasteiger partial charge on any atom is 0.214 e. The van der Waals surface area contributed by atoms with E-state index in [0.29, 0.717) is 25.7 Å². The van der Waals surface area contributed by atoms with Crippen LogP contribution in [0, 0.1) is 0 Å². The van der Waals surface area contributed by atoms with Crippen LogP contribution in [0.4, 0.5) is 5.69 Å². The van der Waals surface area contributed by atoms with Crippen LogP contribution >= 0.6 is 39.9 Å². The molecular formula is C17H27BrIN5O2S. The van der Waals surface area contributed by atoms with Crippen molar-refractivity contribution in [2.45, 2.75) is 18.9 Å². The molecular weight excluding hydrogens is 545 g/mol. The van der Waals surface area contributed by atoms with Crippen molar-refractivity contribution in [3.8, 4) is 0 Å². The Hall–Kier alpha value is -0.590. The molecule has 1 aromatic rings. The van der Waals surface area contributed by atoms with Gasteiger partial charge in [0, 0.05) is 50.3 Å². The van der Waals surface area contributed by atoms with Crippen molar-refractivity contribution >= 4 is 61.6 Å². The van der Waals surface area contributed by atoms with E-state index in [0.717, 1.165) is 36.4 Å². The number of halogens is 2. The summed E-state index contributed by atoms with van der Waals surface area (Å²) in [5, 5.41) is 6.68. The largest absolute Gasteiger partial charge is 0.368 e. The SMILES string of the molecule is CN=C(NCCN1CCCS1(=O)=O)NC1CCN(c2ccccc2Br)C1.I. The minimum atomic E-state index is -3.03. The molecule has 2 heterocycles. The lowest BCUT2D eigenvalue weighted by Crippen LogP contribution is -2.46. The highest BCUT2D eigenvalue weighted by atomic mass is 127. The standard InChI is InChI=1S/C17H26BrN5O2S.HI/c1-19-17(20-8-11-23-9-4-12-26(23,24)25)21-14-7-10-22(13-14)16-6-3-2-5-15(16)18;/h2-3,5-6,14H,4,7-13H2,1H3,(H2,19,20,21);1H. The lowest BCUT2D eigenvalue weighted by molar-refractivity contribution is 0.444. The minimum Gasteiger partial charge on any atom is -0.368 e. The average Bonchev–Trinajstić information content (AvgIpc) is 3.21. The van der Waals surface area contributed by atoms with Crippen LogP contribution in [0.15, 0.2) is 33.7 Å². The second-order valence-electron chi connectivity index (χ2n) is 6.59. The fraction of sp³-hybridized carbons (Fsp3) is 0.588. The van der Waals surface area contributed by atoms with E-state index in [4.69, 9.17) is 0 Å². The molecule has 2 saturated heterocycles. The first-order valence-corrected chi connectivity index (χ1v) is 11.3. The van der Waals surface area contributed by atoms with Gasteiger partial charge >= 0.3 is 0 Å². The smallest absolute Gasteiger partial charge is 0.214 e. The molecule has 152 valence electrons. The van der Waals surface area contributed by atoms with Crippen molar-refractivity contribution in [3.63, 3.8) is 0 Å². The van der Waals surface area contributed by atoms with E-state index < -0.39 is 10.0 Å². The number of benzene rings is 1. The van der Waals surface area contributed by atoms with Crippen LogP contribution in [0.1, 0.15) is 12.8 Å². The molecule has 2 aliphatic rings. The molecule has 3 rings (SSSR count). The molecule has 0 aliphatic carbocycles. The Kier molecular flexibility index (Phi) is 8.63. The van der Waals surface area contributed by atoms with Crippen LogP contribution in [0.25, 0.3) is 0 Å². The first-order chi connectivity index (χ1) is 12.5. The first kappa shape index (κ1) is 22.7. The molecule has 1 unspecified atom stereocenters. The average molecular weight is 572 g/mol. The van der Waals surface area contributed by atoms with Crippen molar-refractivity contribution < 1.29 is 8.42 Å². The van der Waals surface area contributed by atoms with Gasteiger partial charge in [-0.15, -0.1) is 24.0 Å². The van der Waals surface area contributed by atoms with E-state index in [9.17, 15) is 8.42 Å². The summed E-state index contributed by atoms with van der Waals surface area (Å²) in [4.78, 5) is 6.62. The molecule has 0 saturated carbocycles. The van der Waals surface area contributed by atoms with Gasteiger partial charge in [-0.05, 0) is 40.9 Å². The van der Waals surface area contributed by atoms with Crippen LogP contribution < -0.4 is 15.5 Å². The molecule has 0 bridgehead atoms. The van der Waals surface area contributed by atoms with E-state index >= 15 is 0 Å². The van der Waals surface area contributed by atoms with Gasteiger partial charge in [0.15, 0.2) is 5.96 Å². The van der Waals surface area contributed by atoms with Gasteiger partial charge in [0.2, 0.25) is 10.0 Å². The molecule has 0 aromatic heterocycles. The van der Waals surface area contributed by atoms with Gasteiger partial charge in [0.05, 0.1) is 11.4 Å². The van der Waals surface area contributed by atoms with Gasteiger partial charge in [-0.2, -0.15) is 0 Å². The second-order valence-corrected chi connectivity index (χ2v) is 9.54. The van der Waals surface area contributed by atoms with Gasteiger partial charge in [-0.3, -0.25) is 4.99 Å². The Morgan fingerprint density at radius 1 is 1.33 bits per heavy atom. The van der Waals surface area contributed by atoms with Gasteiger partial charge < -0.3 is 15.5 Å². The number of nitrogens with zero attached hydrogens (tertiary/aromatic N) is 3. The normalized spacial score (nSPS) is 22.5. The predicted molar refractivity (Wildman–Crippen MR) is 125 cm³/mol. The van der Waals surface area contributed by atoms with Crippen molar-refractivity contribution in [2.75, 3.05) is 50.4 Å². The highest BCUT2D eigenvalue weighted by Gasteiger charge is 2.28. The molecule has 1 aromatic carbocycles. The highest BCUT2D eigenvalue weighted by molar-refractivity contribution is 14.0. The van der Waals surface area contributed by atoms with Crippen molar-refractivity contribution in [1.82, 2.24) is 14.9 Å². The van der Waals surface area contributed by atoms with E-state index in [1.807, 2.05) is 12.1 Å². The molecule has 1 atom stereocenters. The molecule has 2 fully saturated rings. The third kappa shape index (κ3) is 5.94. The zero-order valence-electron chi connectivity index (χ0n) is 15.4. The molecule has 27 heavy (non-hydrogen) atoms. The molecule has 10 heteroatoms. The summed E-state index contributed by atoms with van der Waals surface area (Å²) in [6.07, 6.45) is 1.75. The summed E-state index contributed by atoms with van der Waals surface area (Å²) in [5.74, 6) is 0.994. The topological polar surface area (TPSA) is 77.0 Å². The number of guanidine groups is 1. The number of para-hydroxylation sites is 1. The molecule has 0 radical (unpaired) electrons. The van der Waals surface area contributed by atoms with Crippen molar-refractivity contribution in [2.24, 2.45) is 4.99 Å². The number of nitrogens with one attached hydrogen (secondary N) is 2. The monoisotopic (exact) mass is 571 g/mol. The third-order valence-electron chi connectivity index (χ3n) is 4.80. The maximum atomic E-state index is 11.8. The fourth-order valence-corrected chi connectivity index (χ4v) is 5.50.